The van der Waals surface area contributed by atoms with Crippen LogP contribution in [0.5, 0.6) is 5.75 Å². The molecule has 0 saturated heterocycles. The summed E-state index contributed by atoms with van der Waals surface area (Å²) in [5.41, 5.74) is 3.03. The Morgan fingerprint density at radius 2 is 1.58 bits per heavy atom. The van der Waals surface area contributed by atoms with Crippen LogP contribution in [0, 0.1) is 13.8 Å². The molecule has 9 heteroatoms. The lowest BCUT2D eigenvalue weighted by Gasteiger charge is -2.11. The molecule has 3 rings (SSSR count). The van der Waals surface area contributed by atoms with E-state index >= 15 is 0 Å². The Kier molecular flexibility index (Phi) is 7.10. The van der Waals surface area contributed by atoms with Crippen LogP contribution in [0.1, 0.15) is 11.1 Å². The lowest BCUT2D eigenvalue weighted by atomic mass is 10.1. The van der Waals surface area contributed by atoms with E-state index < -0.39 is 10.0 Å². The molecule has 0 bridgehead atoms. The van der Waals surface area contributed by atoms with Gasteiger partial charge in [-0.25, -0.2) is 8.42 Å². The number of nitrogens with one attached hydrogen (secondary N) is 2. The maximum Gasteiger partial charge on any atom is 0.262 e. The average Bonchev–Trinajstić information content (AvgIpc) is 2.68. The van der Waals surface area contributed by atoms with E-state index in [1.807, 2.05) is 32.0 Å². The second-order valence-electron chi connectivity index (χ2n) is 6.89. The van der Waals surface area contributed by atoms with Gasteiger partial charge in [-0.2, -0.15) is 0 Å². The number of halogens is 2. The Morgan fingerprint density at radius 1 is 0.935 bits per heavy atom. The van der Waals surface area contributed by atoms with Crippen LogP contribution in [0.25, 0.3) is 0 Å². The smallest absolute Gasteiger partial charge is 0.262 e. The van der Waals surface area contributed by atoms with Gasteiger partial charge in [-0.1, -0.05) is 40.9 Å². The molecule has 0 fully saturated rings. The van der Waals surface area contributed by atoms with Gasteiger partial charge >= 0.3 is 0 Å². The first-order valence-corrected chi connectivity index (χ1v) is 11.5. The minimum atomic E-state index is -3.85. The molecule has 0 heterocycles. The fourth-order valence-electron chi connectivity index (χ4n) is 2.83. The number of aryl methyl sites for hydroxylation is 2. The van der Waals surface area contributed by atoms with Crippen LogP contribution in [0.3, 0.4) is 0 Å². The Labute approximate surface area is 191 Å². The molecule has 0 aliphatic heterocycles. The van der Waals surface area contributed by atoms with Crippen LogP contribution in [0.4, 0.5) is 11.4 Å². The van der Waals surface area contributed by atoms with Crippen molar-refractivity contribution < 1.29 is 17.9 Å². The van der Waals surface area contributed by atoms with E-state index in [1.54, 1.807) is 0 Å². The summed E-state index contributed by atoms with van der Waals surface area (Å²) in [5, 5.41) is 3.41. The summed E-state index contributed by atoms with van der Waals surface area (Å²) in [7, 11) is -3.85. The third-order valence-corrected chi connectivity index (χ3v) is 6.11. The third-order valence-electron chi connectivity index (χ3n) is 4.27. The Hall–Kier alpha value is -2.74. The molecule has 3 aromatic rings. The number of hydrogen-bond donors (Lipinski definition) is 2. The first-order chi connectivity index (χ1) is 14.6. The molecule has 2 N–H and O–H groups in total. The van der Waals surface area contributed by atoms with Crippen molar-refractivity contribution in [1.82, 2.24) is 0 Å². The predicted octanol–water partition coefficient (Wildman–Crippen LogP) is 5.43. The summed E-state index contributed by atoms with van der Waals surface area (Å²) in [6.07, 6.45) is 0. The minimum Gasteiger partial charge on any atom is -0.484 e. The number of rotatable bonds is 7. The molecular weight excluding hydrogens is 459 g/mol. The number of benzene rings is 3. The molecule has 1 amide bonds. The normalized spacial score (nSPS) is 11.1. The predicted molar refractivity (Wildman–Crippen MR) is 124 cm³/mol. The highest BCUT2D eigenvalue weighted by Gasteiger charge is 2.15. The minimum absolute atomic E-state index is 0.0238. The molecule has 3 aromatic carbocycles. The van der Waals surface area contributed by atoms with Gasteiger partial charge in [0.1, 0.15) is 5.75 Å². The number of hydrogen-bond acceptors (Lipinski definition) is 4. The molecule has 0 atom stereocenters. The van der Waals surface area contributed by atoms with E-state index in [1.165, 1.54) is 42.5 Å². The van der Waals surface area contributed by atoms with Crippen LogP contribution in [0.2, 0.25) is 10.0 Å². The van der Waals surface area contributed by atoms with Gasteiger partial charge in [-0.3, -0.25) is 9.52 Å². The Bertz CT molecular complexity index is 1190. The molecule has 0 spiro atoms. The maximum atomic E-state index is 12.6. The second-order valence-corrected chi connectivity index (χ2v) is 9.45. The van der Waals surface area contributed by atoms with Crippen molar-refractivity contribution in [2.45, 2.75) is 18.7 Å². The highest BCUT2D eigenvalue weighted by Crippen LogP contribution is 2.25. The van der Waals surface area contributed by atoms with E-state index in [2.05, 4.69) is 10.0 Å². The molecular formula is C22H20Cl2N2O4S. The fraction of sp³-hybridized carbons (Fsp3) is 0.136. The number of amides is 1. The highest BCUT2D eigenvalue weighted by molar-refractivity contribution is 7.92. The Morgan fingerprint density at radius 3 is 2.19 bits per heavy atom. The zero-order valence-corrected chi connectivity index (χ0v) is 19.1. The molecule has 162 valence electrons. The number of anilines is 2. The van der Waals surface area contributed by atoms with Gasteiger partial charge in [0.05, 0.1) is 10.6 Å². The fourth-order valence-corrected chi connectivity index (χ4v) is 4.40. The van der Waals surface area contributed by atoms with Gasteiger partial charge in [0.25, 0.3) is 15.9 Å². The summed E-state index contributed by atoms with van der Waals surface area (Å²) in [6.45, 7) is 3.68. The number of sulfonamides is 1. The number of carbonyl (C=O) groups is 1. The van der Waals surface area contributed by atoms with Crippen LogP contribution >= 0.6 is 23.2 Å². The molecule has 0 aromatic heterocycles. The highest BCUT2D eigenvalue weighted by atomic mass is 35.5. The van der Waals surface area contributed by atoms with Crippen molar-refractivity contribution >= 4 is 50.5 Å². The van der Waals surface area contributed by atoms with E-state index in [4.69, 9.17) is 27.9 Å². The molecule has 0 aliphatic carbocycles. The monoisotopic (exact) mass is 478 g/mol. The van der Waals surface area contributed by atoms with Crippen molar-refractivity contribution in [2.24, 2.45) is 0 Å². The zero-order valence-electron chi connectivity index (χ0n) is 16.8. The van der Waals surface area contributed by atoms with Crippen molar-refractivity contribution in [3.63, 3.8) is 0 Å². The first kappa shape index (κ1) is 22.9. The van der Waals surface area contributed by atoms with E-state index in [0.29, 0.717) is 21.5 Å². The van der Waals surface area contributed by atoms with Crippen molar-refractivity contribution in [2.75, 3.05) is 16.6 Å². The molecule has 31 heavy (non-hydrogen) atoms. The molecule has 0 unspecified atom stereocenters. The first-order valence-electron chi connectivity index (χ1n) is 9.21. The van der Waals surface area contributed by atoms with Crippen LogP contribution in [-0.4, -0.2) is 20.9 Å². The van der Waals surface area contributed by atoms with Crippen LogP contribution in [0.15, 0.2) is 65.6 Å². The summed E-state index contributed by atoms with van der Waals surface area (Å²) in [5.74, 6) is 0.0451. The Balaban J connectivity index is 1.61. The third kappa shape index (κ3) is 6.37. The molecule has 0 radical (unpaired) electrons. The van der Waals surface area contributed by atoms with Gasteiger partial charge < -0.3 is 10.1 Å². The summed E-state index contributed by atoms with van der Waals surface area (Å²) in [6, 6.07) is 15.8. The molecule has 0 saturated carbocycles. The van der Waals surface area contributed by atoms with Crippen molar-refractivity contribution in [3.05, 3.63) is 81.8 Å². The van der Waals surface area contributed by atoms with Gasteiger partial charge in [-0.15, -0.1) is 0 Å². The number of ether oxygens (including phenoxy) is 1. The van der Waals surface area contributed by atoms with Gasteiger partial charge in [-0.05, 0) is 67.9 Å². The molecule has 0 aliphatic rings. The number of carbonyl (C=O) groups excluding carboxylic acids is 1. The van der Waals surface area contributed by atoms with E-state index in [9.17, 15) is 13.2 Å². The van der Waals surface area contributed by atoms with E-state index in [-0.39, 0.29) is 23.1 Å². The second kappa shape index (κ2) is 9.60. The van der Waals surface area contributed by atoms with Crippen LogP contribution in [-0.2, 0) is 14.8 Å². The lowest BCUT2D eigenvalue weighted by molar-refractivity contribution is -0.118. The SMILES string of the molecule is Cc1ccc(NC(=O)COc2ccc(S(=O)(=O)Nc3cc(Cl)cc(Cl)c3)cc2)c(C)c1. The van der Waals surface area contributed by atoms with E-state index in [0.717, 1.165) is 11.1 Å². The quantitative estimate of drug-likeness (QED) is 0.474. The summed E-state index contributed by atoms with van der Waals surface area (Å²) >= 11 is 11.8. The van der Waals surface area contributed by atoms with Gasteiger partial charge in [0.2, 0.25) is 0 Å². The lowest BCUT2D eigenvalue weighted by Crippen LogP contribution is -2.20. The topological polar surface area (TPSA) is 84.5 Å². The van der Waals surface area contributed by atoms with Gasteiger partial charge in [0.15, 0.2) is 6.61 Å². The summed E-state index contributed by atoms with van der Waals surface area (Å²) in [4.78, 5) is 12.2. The van der Waals surface area contributed by atoms with Crippen LogP contribution < -0.4 is 14.8 Å². The zero-order chi connectivity index (χ0) is 22.6. The van der Waals surface area contributed by atoms with Crippen molar-refractivity contribution in [3.8, 4) is 5.75 Å². The van der Waals surface area contributed by atoms with Crippen molar-refractivity contribution in [1.29, 1.82) is 0 Å². The standard InChI is InChI=1S/C22H20Cl2N2O4S/c1-14-3-8-21(15(2)9-14)25-22(27)13-30-19-4-6-20(7-5-19)31(28,29)26-18-11-16(23)10-17(24)12-18/h3-12,26H,13H2,1-2H3,(H,25,27). The average molecular weight is 479 g/mol. The summed E-state index contributed by atoms with van der Waals surface area (Å²) < 4.78 is 33.0. The largest absolute Gasteiger partial charge is 0.484 e. The van der Waals surface area contributed by atoms with Gasteiger partial charge in [0, 0.05) is 15.7 Å². The molecule has 6 nitrogen and oxygen atoms in total. The maximum absolute atomic E-state index is 12.6.